The molecule has 0 aromatic carbocycles. The van der Waals surface area contributed by atoms with Gasteiger partial charge in [-0.3, -0.25) is 9.88 Å². The summed E-state index contributed by atoms with van der Waals surface area (Å²) in [4.78, 5) is 6.36. The molecule has 0 radical (unpaired) electrons. The highest BCUT2D eigenvalue weighted by Gasteiger charge is 2.43. The smallest absolute Gasteiger partial charge is 0.151 e. The molecule has 128 valence electrons. The predicted octanol–water partition coefficient (Wildman–Crippen LogP) is 2.24. The summed E-state index contributed by atoms with van der Waals surface area (Å²) >= 11 is 0. The molecule has 1 atom stereocenters. The van der Waals surface area contributed by atoms with Crippen LogP contribution in [0.3, 0.4) is 0 Å². The van der Waals surface area contributed by atoms with Gasteiger partial charge in [0.2, 0.25) is 0 Å². The quantitative estimate of drug-likeness (QED) is 0.931. The number of nitrogens with zero attached hydrogens (tertiary/aromatic N) is 3. The number of ether oxygens (including phenoxy) is 1. The van der Waals surface area contributed by atoms with Crippen LogP contribution in [0.5, 0.6) is 0 Å². The molecule has 1 spiro atoms. The second-order valence-electron chi connectivity index (χ2n) is 6.76. The third-order valence-electron chi connectivity index (χ3n) is 5.24. The summed E-state index contributed by atoms with van der Waals surface area (Å²) in [6, 6.07) is 5.84. The van der Waals surface area contributed by atoms with Crippen LogP contribution in [0, 0.1) is 0 Å². The highest BCUT2D eigenvalue weighted by Crippen LogP contribution is 2.35. The van der Waals surface area contributed by atoms with Gasteiger partial charge in [-0.2, -0.15) is 0 Å². The van der Waals surface area contributed by atoms with Gasteiger partial charge in [0.1, 0.15) is 5.69 Å². The Morgan fingerprint density at radius 2 is 2.04 bits per heavy atom. The van der Waals surface area contributed by atoms with E-state index in [2.05, 4.69) is 15.0 Å². The molecule has 0 aliphatic carbocycles. The van der Waals surface area contributed by atoms with E-state index < -0.39 is 0 Å². The maximum Gasteiger partial charge on any atom is 0.151 e. The van der Waals surface area contributed by atoms with E-state index in [4.69, 9.17) is 9.26 Å². The average Bonchev–Trinajstić information content (AvgIpc) is 3.09. The van der Waals surface area contributed by atoms with Gasteiger partial charge in [-0.1, -0.05) is 5.16 Å². The van der Waals surface area contributed by atoms with Crippen LogP contribution in [-0.2, 0) is 11.3 Å². The summed E-state index contributed by atoms with van der Waals surface area (Å²) in [5.74, 6) is 0.864. The first-order chi connectivity index (χ1) is 11.8. The molecule has 6 nitrogen and oxygen atoms in total. The number of aromatic nitrogens is 2. The number of pyridine rings is 1. The van der Waals surface area contributed by atoms with Crippen LogP contribution in [0.4, 0.5) is 0 Å². The van der Waals surface area contributed by atoms with Gasteiger partial charge >= 0.3 is 0 Å². The topological polar surface area (TPSA) is 71.6 Å². The van der Waals surface area contributed by atoms with Gasteiger partial charge in [-0.15, -0.1) is 0 Å². The van der Waals surface area contributed by atoms with Crippen LogP contribution in [0.15, 0.2) is 35.1 Å². The Morgan fingerprint density at radius 3 is 2.79 bits per heavy atom. The Bertz CT molecular complexity index is 665. The van der Waals surface area contributed by atoms with Gasteiger partial charge in [0.05, 0.1) is 18.2 Å². The van der Waals surface area contributed by atoms with E-state index in [1.54, 1.807) is 12.4 Å². The molecular formula is C18H23N3O3. The molecule has 2 aromatic heterocycles. The normalized spacial score (nSPS) is 24.3. The molecule has 2 fully saturated rings. The van der Waals surface area contributed by atoms with E-state index in [1.165, 1.54) is 0 Å². The monoisotopic (exact) mass is 329 g/mol. The molecule has 1 N–H and O–H groups in total. The Morgan fingerprint density at radius 1 is 1.25 bits per heavy atom. The third kappa shape index (κ3) is 3.09. The lowest BCUT2D eigenvalue weighted by molar-refractivity contribution is -0.177. The van der Waals surface area contributed by atoms with Crippen LogP contribution < -0.4 is 0 Å². The van der Waals surface area contributed by atoms with Crippen LogP contribution in [0.25, 0.3) is 11.3 Å². The molecule has 2 saturated heterocycles. The van der Waals surface area contributed by atoms with Crippen LogP contribution in [0.2, 0.25) is 0 Å². The second kappa shape index (κ2) is 6.63. The number of likely N-dealkylation sites (tertiary alicyclic amines) is 1. The molecular weight excluding hydrogens is 306 g/mol. The molecule has 6 heteroatoms. The van der Waals surface area contributed by atoms with Crippen LogP contribution in [-0.4, -0.2) is 51.5 Å². The van der Waals surface area contributed by atoms with Gasteiger partial charge in [0.15, 0.2) is 5.76 Å². The fourth-order valence-corrected chi connectivity index (χ4v) is 3.75. The number of hydrogen-bond donors (Lipinski definition) is 1. The van der Waals surface area contributed by atoms with Gasteiger partial charge in [0, 0.05) is 43.7 Å². The highest BCUT2D eigenvalue weighted by atomic mass is 16.5. The minimum atomic E-state index is -0.322. The zero-order valence-electron chi connectivity index (χ0n) is 13.7. The van der Waals surface area contributed by atoms with Crippen molar-refractivity contribution in [1.29, 1.82) is 0 Å². The van der Waals surface area contributed by atoms with Crippen molar-refractivity contribution in [2.75, 3.05) is 19.7 Å². The maximum absolute atomic E-state index is 10.3. The lowest BCUT2D eigenvalue weighted by Crippen LogP contribution is -2.55. The van der Waals surface area contributed by atoms with Crippen molar-refractivity contribution in [3.63, 3.8) is 0 Å². The summed E-state index contributed by atoms with van der Waals surface area (Å²) in [6.07, 6.45) is 6.75. The summed E-state index contributed by atoms with van der Waals surface area (Å²) in [6.45, 7) is 3.32. The van der Waals surface area contributed by atoms with Crippen molar-refractivity contribution >= 4 is 0 Å². The van der Waals surface area contributed by atoms with Gasteiger partial charge < -0.3 is 14.4 Å². The Hall–Kier alpha value is -1.76. The van der Waals surface area contributed by atoms with Crippen molar-refractivity contribution in [1.82, 2.24) is 15.0 Å². The van der Waals surface area contributed by atoms with E-state index in [9.17, 15) is 5.11 Å². The molecule has 0 amide bonds. The zero-order chi connectivity index (χ0) is 16.4. The Labute approximate surface area is 141 Å². The Balaban J connectivity index is 1.37. The highest BCUT2D eigenvalue weighted by molar-refractivity contribution is 5.57. The average molecular weight is 329 g/mol. The van der Waals surface area contributed by atoms with Gasteiger partial charge in [-0.05, 0) is 37.8 Å². The largest absolute Gasteiger partial charge is 0.390 e. The molecule has 24 heavy (non-hydrogen) atoms. The van der Waals surface area contributed by atoms with Crippen molar-refractivity contribution < 1.29 is 14.4 Å². The second-order valence-corrected chi connectivity index (χ2v) is 6.76. The van der Waals surface area contributed by atoms with Crippen molar-refractivity contribution in [2.45, 2.75) is 43.9 Å². The molecule has 0 saturated carbocycles. The minimum absolute atomic E-state index is 0.321. The first kappa shape index (κ1) is 15.7. The summed E-state index contributed by atoms with van der Waals surface area (Å²) < 4.78 is 11.4. The van der Waals surface area contributed by atoms with Crippen molar-refractivity contribution in [2.24, 2.45) is 0 Å². The molecule has 4 rings (SSSR count). The maximum atomic E-state index is 10.3. The van der Waals surface area contributed by atoms with E-state index in [0.717, 1.165) is 68.9 Å². The van der Waals surface area contributed by atoms with E-state index >= 15 is 0 Å². The standard InChI is InChI=1S/C18H23N3O3/c22-17-2-1-11-23-18(17)5-9-21(10-6-18)13-15-12-16(20-24-15)14-3-7-19-8-4-14/h3-4,7-8,12,17,22H,1-2,5-6,9-11,13H2/t17-/m0/s1. The molecule has 0 unspecified atom stereocenters. The number of piperidine rings is 1. The van der Waals surface area contributed by atoms with E-state index in [-0.39, 0.29) is 11.7 Å². The number of hydrogen-bond acceptors (Lipinski definition) is 6. The molecule has 2 aliphatic rings. The summed E-state index contributed by atoms with van der Waals surface area (Å²) in [5.41, 5.74) is 1.53. The number of rotatable bonds is 3. The number of aliphatic hydroxyl groups is 1. The zero-order valence-corrected chi connectivity index (χ0v) is 13.7. The first-order valence-electron chi connectivity index (χ1n) is 8.66. The van der Waals surface area contributed by atoms with E-state index in [0.29, 0.717) is 0 Å². The van der Waals surface area contributed by atoms with E-state index in [1.807, 2.05) is 18.2 Å². The minimum Gasteiger partial charge on any atom is -0.390 e. The Kier molecular flexibility index (Phi) is 4.35. The summed E-state index contributed by atoms with van der Waals surface area (Å²) in [5, 5.41) is 14.5. The first-order valence-corrected chi connectivity index (χ1v) is 8.66. The third-order valence-corrected chi connectivity index (χ3v) is 5.24. The fourth-order valence-electron chi connectivity index (χ4n) is 3.75. The van der Waals surface area contributed by atoms with Crippen molar-refractivity contribution in [3.05, 3.63) is 36.4 Å². The molecule has 2 aromatic rings. The van der Waals surface area contributed by atoms with Crippen LogP contribution in [0.1, 0.15) is 31.4 Å². The molecule has 2 aliphatic heterocycles. The lowest BCUT2D eigenvalue weighted by Gasteiger charge is -2.46. The fraction of sp³-hybridized carbons (Fsp3) is 0.556. The number of aliphatic hydroxyl groups excluding tert-OH is 1. The predicted molar refractivity (Wildman–Crippen MR) is 88.2 cm³/mol. The lowest BCUT2D eigenvalue weighted by atomic mass is 9.82. The molecule has 4 heterocycles. The molecule has 0 bridgehead atoms. The van der Waals surface area contributed by atoms with Gasteiger partial charge in [0.25, 0.3) is 0 Å². The summed E-state index contributed by atoms with van der Waals surface area (Å²) in [7, 11) is 0. The van der Waals surface area contributed by atoms with Gasteiger partial charge in [-0.25, -0.2) is 0 Å². The van der Waals surface area contributed by atoms with Crippen molar-refractivity contribution in [3.8, 4) is 11.3 Å². The van der Waals surface area contributed by atoms with Crippen LogP contribution >= 0.6 is 0 Å². The SMILES string of the molecule is O[C@H]1CCCOC12CCN(Cc1cc(-c3ccncc3)no1)CC2.